The molecule has 2 unspecified atom stereocenters. The van der Waals surface area contributed by atoms with Crippen LogP contribution in [0.5, 0.6) is 0 Å². The van der Waals surface area contributed by atoms with Crippen LogP contribution < -0.4 is 0 Å². The zero-order valence-corrected chi connectivity index (χ0v) is 37.5. The molecule has 0 fully saturated rings. The third-order valence-electron chi connectivity index (χ3n) is 10.1. The van der Waals surface area contributed by atoms with Gasteiger partial charge < -0.3 is 33.2 Å². The number of rotatable bonds is 46. The molecule has 0 saturated carbocycles. The van der Waals surface area contributed by atoms with Gasteiger partial charge in [0.1, 0.15) is 0 Å². The second-order valence-corrected chi connectivity index (χ2v) is 15.5. The van der Waals surface area contributed by atoms with E-state index < -0.39 is 12.6 Å². The molecule has 0 bridgehead atoms. The average Bonchev–Trinajstić information content (AvgIpc) is 3.20. The zero-order chi connectivity index (χ0) is 40.1. The van der Waals surface area contributed by atoms with Crippen LogP contribution in [0, 0.1) is 0 Å². The highest BCUT2D eigenvalue weighted by molar-refractivity contribution is 4.89. The normalized spacial score (nSPS) is 13.4. The predicted octanol–water partition coefficient (Wildman–Crippen LogP) is 14.6. The van der Waals surface area contributed by atoms with Crippen molar-refractivity contribution < 1.29 is 33.2 Å². The lowest BCUT2D eigenvalue weighted by molar-refractivity contribution is -0.188. The monoisotopic (exact) mass is 783 g/mol. The highest BCUT2D eigenvalue weighted by Crippen LogP contribution is 2.16. The van der Waals surface area contributed by atoms with Crippen molar-refractivity contribution in [2.45, 2.75) is 245 Å². The van der Waals surface area contributed by atoms with Gasteiger partial charge in [-0.15, -0.1) is 0 Å². The minimum atomic E-state index is -0.439. The van der Waals surface area contributed by atoms with Crippen LogP contribution in [-0.4, -0.2) is 65.8 Å². The molecule has 0 spiro atoms. The highest BCUT2D eigenvalue weighted by atomic mass is 16.8. The second kappa shape index (κ2) is 45.9. The summed E-state index contributed by atoms with van der Waals surface area (Å²) in [6, 6.07) is 0. The fourth-order valence-corrected chi connectivity index (χ4v) is 6.52. The number of allylic oxidation sites excluding steroid dienone is 2. The maximum absolute atomic E-state index is 6.18. The molecule has 0 aliphatic rings. The fourth-order valence-electron chi connectivity index (χ4n) is 6.52. The van der Waals surface area contributed by atoms with E-state index >= 15 is 0 Å². The molecule has 0 aromatic carbocycles. The molecule has 0 rings (SSSR count). The number of unbranched alkanes of at least 4 members (excludes halogenated alkanes) is 22. The average molecular weight is 783 g/mol. The topological polar surface area (TPSA) is 64.6 Å². The van der Waals surface area contributed by atoms with Crippen LogP contribution in [0.3, 0.4) is 0 Å². The molecule has 0 heterocycles. The van der Waals surface area contributed by atoms with Crippen LogP contribution in [-0.2, 0) is 33.2 Å². The molecule has 0 radical (unpaired) electrons. The third kappa shape index (κ3) is 39.8. The Labute approximate surface area is 342 Å². The zero-order valence-electron chi connectivity index (χ0n) is 37.5. The van der Waals surface area contributed by atoms with E-state index in [-0.39, 0.29) is 12.6 Å². The third-order valence-corrected chi connectivity index (χ3v) is 10.1. The smallest absolute Gasteiger partial charge is 0.179 e. The summed E-state index contributed by atoms with van der Waals surface area (Å²) < 4.78 is 42.0. The molecular weight excluding hydrogens is 689 g/mol. The van der Waals surface area contributed by atoms with Gasteiger partial charge in [0, 0.05) is 40.6 Å². The molecule has 0 aliphatic heterocycles. The van der Waals surface area contributed by atoms with Crippen molar-refractivity contribution in [2.24, 2.45) is 0 Å². The first-order chi connectivity index (χ1) is 27.1. The van der Waals surface area contributed by atoms with Crippen molar-refractivity contribution in [2.75, 3.05) is 40.6 Å². The summed E-state index contributed by atoms with van der Waals surface area (Å²) in [6.45, 7) is 12.3. The molecule has 0 saturated heterocycles. The van der Waals surface area contributed by atoms with Gasteiger partial charge in [-0.2, -0.15) is 0 Å². The Morgan fingerprint density at radius 1 is 0.345 bits per heavy atom. The van der Waals surface area contributed by atoms with E-state index in [1.165, 1.54) is 103 Å². The minimum absolute atomic E-state index is 0.0609. The van der Waals surface area contributed by atoms with Gasteiger partial charge in [-0.3, -0.25) is 0 Å². The van der Waals surface area contributed by atoms with Crippen molar-refractivity contribution >= 4 is 0 Å². The molecule has 2 atom stereocenters. The summed E-state index contributed by atoms with van der Waals surface area (Å²) in [5.41, 5.74) is 0. The number of hydrogen-bond acceptors (Lipinski definition) is 7. The van der Waals surface area contributed by atoms with Crippen molar-refractivity contribution in [3.63, 3.8) is 0 Å². The van der Waals surface area contributed by atoms with Gasteiger partial charge >= 0.3 is 0 Å². The van der Waals surface area contributed by atoms with E-state index in [4.69, 9.17) is 33.2 Å². The Morgan fingerprint density at radius 3 is 0.927 bits per heavy atom. The second-order valence-electron chi connectivity index (χ2n) is 15.5. The van der Waals surface area contributed by atoms with Crippen LogP contribution in [0.25, 0.3) is 0 Å². The van der Waals surface area contributed by atoms with Gasteiger partial charge in [0.25, 0.3) is 0 Å². The quantitative estimate of drug-likeness (QED) is 0.0346. The summed E-state index contributed by atoms with van der Waals surface area (Å²) in [4.78, 5) is 0. The van der Waals surface area contributed by atoms with E-state index in [0.717, 1.165) is 116 Å². The lowest BCUT2D eigenvalue weighted by Crippen LogP contribution is -2.22. The Morgan fingerprint density at radius 2 is 0.636 bits per heavy atom. The summed E-state index contributed by atoms with van der Waals surface area (Å²) in [6.07, 6.45) is 43.2. The Bertz CT molecular complexity index is 681. The lowest BCUT2D eigenvalue weighted by atomic mass is 10.1. The molecule has 7 nitrogen and oxygen atoms in total. The van der Waals surface area contributed by atoms with Crippen LogP contribution in [0.4, 0.5) is 0 Å². The maximum Gasteiger partial charge on any atom is 0.179 e. The lowest BCUT2D eigenvalue weighted by Gasteiger charge is -2.19. The van der Waals surface area contributed by atoms with Gasteiger partial charge in [-0.1, -0.05) is 155 Å². The Balaban J connectivity index is 4.39. The molecule has 0 aromatic heterocycles. The molecule has 0 N–H and O–H groups in total. The molecule has 0 aliphatic carbocycles. The fraction of sp³-hybridized carbons (Fsp3) is 0.917. The molecule has 328 valence electrons. The largest absolute Gasteiger partial charge is 0.353 e. The Kier molecular flexibility index (Phi) is 45.2. The van der Waals surface area contributed by atoms with Gasteiger partial charge in [-0.25, -0.2) is 0 Å². The van der Waals surface area contributed by atoms with E-state index in [2.05, 4.69) is 39.8 Å². The van der Waals surface area contributed by atoms with E-state index in [0.29, 0.717) is 0 Å². The van der Waals surface area contributed by atoms with Crippen molar-refractivity contribution in [1.82, 2.24) is 0 Å². The SMILES string of the molecule is CCCCCCCOC(CCCCCC=CC(OC)OC(C=CCCCCCC(OCCCCCCC)OCCCCCCC)OC)OCCCCCCC. The van der Waals surface area contributed by atoms with Crippen LogP contribution >= 0.6 is 0 Å². The predicted molar refractivity (Wildman–Crippen MR) is 234 cm³/mol. The van der Waals surface area contributed by atoms with Crippen LogP contribution in [0.2, 0.25) is 0 Å². The van der Waals surface area contributed by atoms with Crippen molar-refractivity contribution in [1.29, 1.82) is 0 Å². The molecule has 55 heavy (non-hydrogen) atoms. The van der Waals surface area contributed by atoms with Gasteiger partial charge in [-0.05, 0) is 89.2 Å². The number of ether oxygens (including phenoxy) is 7. The summed E-state index contributed by atoms with van der Waals surface area (Å²) in [7, 11) is 3.36. The van der Waals surface area contributed by atoms with E-state index in [9.17, 15) is 0 Å². The summed E-state index contributed by atoms with van der Waals surface area (Å²) in [5.74, 6) is 0. The molecular formula is C48H94O7. The molecule has 0 aromatic rings. The first-order valence-electron chi connectivity index (χ1n) is 23.7. The van der Waals surface area contributed by atoms with Gasteiger partial charge in [0.15, 0.2) is 25.2 Å². The van der Waals surface area contributed by atoms with E-state index in [1.54, 1.807) is 14.2 Å². The van der Waals surface area contributed by atoms with Crippen LogP contribution in [0.15, 0.2) is 24.3 Å². The standard InChI is InChI=1S/C48H94O7/c1-7-11-15-25-33-41-51-47(52-42-34-26-16-12-8-2)39-31-23-19-21-29-37-45(49-5)55-46(50-6)38-30-22-20-24-32-40-48(53-43-35-27-17-13-9-3)54-44-36-28-18-14-10-4/h29-30,37-38,45-48H,7-28,31-36,39-44H2,1-6H3. The van der Waals surface area contributed by atoms with Crippen molar-refractivity contribution in [3.8, 4) is 0 Å². The minimum Gasteiger partial charge on any atom is -0.353 e. The maximum atomic E-state index is 6.18. The van der Waals surface area contributed by atoms with Gasteiger partial charge in [0.2, 0.25) is 0 Å². The van der Waals surface area contributed by atoms with Crippen LogP contribution in [0.1, 0.15) is 220 Å². The Hall–Kier alpha value is -0.800. The number of methoxy groups -OCH3 is 2. The summed E-state index contributed by atoms with van der Waals surface area (Å²) in [5, 5.41) is 0. The summed E-state index contributed by atoms with van der Waals surface area (Å²) >= 11 is 0. The van der Waals surface area contributed by atoms with Crippen molar-refractivity contribution in [3.05, 3.63) is 24.3 Å². The first kappa shape index (κ1) is 54.2. The van der Waals surface area contributed by atoms with E-state index in [1.807, 2.05) is 12.2 Å². The molecule has 7 heteroatoms. The van der Waals surface area contributed by atoms with Gasteiger partial charge in [0.05, 0.1) is 0 Å². The first-order valence-corrected chi connectivity index (χ1v) is 23.7. The molecule has 0 amide bonds. The number of hydrogen-bond donors (Lipinski definition) is 0. The highest BCUT2D eigenvalue weighted by Gasteiger charge is 2.12.